The highest BCUT2D eigenvalue weighted by molar-refractivity contribution is 9.10. The molecule has 1 aromatic heterocycles. The summed E-state index contributed by atoms with van der Waals surface area (Å²) in [5.41, 5.74) is 0. The molecule has 0 radical (unpaired) electrons. The lowest BCUT2D eigenvalue weighted by atomic mass is 10.0. The van der Waals surface area contributed by atoms with Crippen molar-refractivity contribution in [2.24, 2.45) is 5.92 Å². The van der Waals surface area contributed by atoms with Gasteiger partial charge in [0, 0.05) is 6.20 Å². The first-order valence-electron chi connectivity index (χ1n) is 5.34. The summed E-state index contributed by atoms with van der Waals surface area (Å²) in [6.07, 6.45) is 3.74. The van der Waals surface area contributed by atoms with Crippen molar-refractivity contribution in [3.63, 3.8) is 0 Å². The molecule has 94 valence electrons. The van der Waals surface area contributed by atoms with Gasteiger partial charge in [0.1, 0.15) is 18.2 Å². The highest BCUT2D eigenvalue weighted by Gasteiger charge is 2.21. The van der Waals surface area contributed by atoms with Crippen LogP contribution in [-0.2, 0) is 9.53 Å². The number of ether oxygens (including phenoxy) is 1. The maximum Gasteiger partial charge on any atom is 0.328 e. The van der Waals surface area contributed by atoms with Crippen molar-refractivity contribution < 1.29 is 9.53 Å². The Bertz CT molecular complexity index is 385. The zero-order valence-electron chi connectivity index (χ0n) is 10.1. The Morgan fingerprint density at radius 1 is 1.59 bits per heavy atom. The van der Waals surface area contributed by atoms with Crippen molar-refractivity contribution in [2.75, 3.05) is 12.4 Å². The first-order chi connectivity index (χ1) is 8.04. The molecule has 0 fully saturated rings. The van der Waals surface area contributed by atoms with Gasteiger partial charge in [0.05, 0.1) is 11.6 Å². The van der Waals surface area contributed by atoms with Gasteiger partial charge < -0.3 is 10.1 Å². The monoisotopic (exact) mass is 301 g/mol. The smallest absolute Gasteiger partial charge is 0.328 e. The molecule has 1 aromatic rings. The minimum Gasteiger partial charge on any atom is -0.467 e. The second-order valence-electron chi connectivity index (χ2n) is 4.07. The number of anilines is 1. The zero-order chi connectivity index (χ0) is 12.8. The first kappa shape index (κ1) is 13.9. The molecular formula is C11H16BrN3O2. The number of esters is 1. The molecule has 1 heterocycles. The number of hydrogen-bond donors (Lipinski definition) is 1. The fourth-order valence-corrected chi connectivity index (χ4v) is 1.75. The lowest BCUT2D eigenvalue weighted by Crippen LogP contribution is -2.32. The van der Waals surface area contributed by atoms with Gasteiger partial charge in [-0.2, -0.15) is 0 Å². The number of methoxy groups -OCH3 is 1. The summed E-state index contributed by atoms with van der Waals surface area (Å²) < 4.78 is 5.49. The van der Waals surface area contributed by atoms with Crippen LogP contribution in [0.2, 0.25) is 0 Å². The van der Waals surface area contributed by atoms with Crippen LogP contribution in [0.4, 0.5) is 5.82 Å². The molecule has 0 saturated heterocycles. The van der Waals surface area contributed by atoms with E-state index in [1.807, 2.05) is 13.8 Å². The molecule has 0 amide bonds. The van der Waals surface area contributed by atoms with Crippen molar-refractivity contribution in [3.05, 3.63) is 17.0 Å². The molecule has 1 rings (SSSR count). The number of rotatable bonds is 5. The quantitative estimate of drug-likeness (QED) is 0.845. The molecule has 1 N–H and O–H groups in total. The van der Waals surface area contributed by atoms with Crippen molar-refractivity contribution in [1.29, 1.82) is 0 Å². The SMILES string of the molecule is COC(=O)C(CC(C)C)Nc1ncncc1Br. The average molecular weight is 302 g/mol. The summed E-state index contributed by atoms with van der Waals surface area (Å²) in [5.74, 6) is 0.687. The van der Waals surface area contributed by atoms with Gasteiger partial charge in [-0.05, 0) is 28.3 Å². The number of aromatic nitrogens is 2. The summed E-state index contributed by atoms with van der Waals surface area (Å²) in [6, 6.07) is -0.397. The van der Waals surface area contributed by atoms with Crippen LogP contribution in [0.25, 0.3) is 0 Å². The van der Waals surface area contributed by atoms with Crippen LogP contribution in [0.5, 0.6) is 0 Å². The second-order valence-corrected chi connectivity index (χ2v) is 4.92. The standard InChI is InChI=1S/C11H16BrN3O2/c1-7(2)4-9(11(16)17-3)15-10-8(12)5-13-6-14-10/h5-7,9H,4H2,1-3H3,(H,13,14,15). The van der Waals surface area contributed by atoms with E-state index in [0.29, 0.717) is 18.2 Å². The first-order valence-corrected chi connectivity index (χ1v) is 6.13. The van der Waals surface area contributed by atoms with Crippen LogP contribution in [0.15, 0.2) is 17.0 Å². The molecular weight excluding hydrogens is 286 g/mol. The fourth-order valence-electron chi connectivity index (χ4n) is 1.41. The molecule has 0 aliphatic rings. The molecule has 5 nitrogen and oxygen atoms in total. The van der Waals surface area contributed by atoms with Crippen LogP contribution >= 0.6 is 15.9 Å². The number of nitrogens with one attached hydrogen (secondary N) is 1. The minimum atomic E-state index is -0.397. The molecule has 0 aliphatic carbocycles. The van der Waals surface area contributed by atoms with Gasteiger partial charge in [-0.15, -0.1) is 0 Å². The largest absolute Gasteiger partial charge is 0.467 e. The molecule has 6 heteroatoms. The number of nitrogens with zero attached hydrogens (tertiary/aromatic N) is 2. The number of hydrogen-bond acceptors (Lipinski definition) is 5. The Balaban J connectivity index is 2.79. The van der Waals surface area contributed by atoms with Crippen LogP contribution in [-0.4, -0.2) is 29.1 Å². The lowest BCUT2D eigenvalue weighted by molar-refractivity contribution is -0.141. The van der Waals surface area contributed by atoms with Crippen molar-refractivity contribution in [3.8, 4) is 0 Å². The van der Waals surface area contributed by atoms with E-state index in [1.165, 1.54) is 13.4 Å². The average Bonchev–Trinajstić information content (AvgIpc) is 2.29. The van der Waals surface area contributed by atoms with E-state index in [0.717, 1.165) is 4.47 Å². The Hall–Kier alpha value is -1.17. The molecule has 0 bridgehead atoms. The zero-order valence-corrected chi connectivity index (χ0v) is 11.7. The second kappa shape index (κ2) is 6.54. The van der Waals surface area contributed by atoms with Crippen molar-refractivity contribution in [2.45, 2.75) is 26.3 Å². The Labute approximate surface area is 109 Å². The van der Waals surface area contributed by atoms with Crippen LogP contribution < -0.4 is 5.32 Å². The van der Waals surface area contributed by atoms with Gasteiger partial charge in [-0.3, -0.25) is 0 Å². The molecule has 1 atom stereocenters. The summed E-state index contributed by atoms with van der Waals surface area (Å²) in [6.45, 7) is 4.10. The minimum absolute atomic E-state index is 0.288. The molecule has 0 saturated carbocycles. The fraction of sp³-hybridized carbons (Fsp3) is 0.545. The van der Waals surface area contributed by atoms with E-state index in [9.17, 15) is 4.79 Å². The van der Waals surface area contributed by atoms with E-state index >= 15 is 0 Å². The van der Waals surface area contributed by atoms with Crippen LogP contribution in [0.1, 0.15) is 20.3 Å². The van der Waals surface area contributed by atoms with Gasteiger partial charge >= 0.3 is 5.97 Å². The topological polar surface area (TPSA) is 64.1 Å². The number of carbonyl (C=O) groups is 1. The van der Waals surface area contributed by atoms with Gasteiger partial charge in [0.25, 0.3) is 0 Å². The number of halogens is 1. The highest BCUT2D eigenvalue weighted by atomic mass is 79.9. The Morgan fingerprint density at radius 3 is 2.82 bits per heavy atom. The van der Waals surface area contributed by atoms with E-state index < -0.39 is 6.04 Å². The third kappa shape index (κ3) is 4.30. The summed E-state index contributed by atoms with van der Waals surface area (Å²) in [4.78, 5) is 19.5. The Morgan fingerprint density at radius 2 is 2.29 bits per heavy atom. The summed E-state index contributed by atoms with van der Waals surface area (Å²) >= 11 is 3.32. The third-order valence-corrected chi connectivity index (χ3v) is 2.75. The van der Waals surface area contributed by atoms with Gasteiger partial charge in [-0.1, -0.05) is 13.8 Å². The number of carbonyl (C=O) groups excluding carboxylic acids is 1. The lowest BCUT2D eigenvalue weighted by Gasteiger charge is -2.19. The summed E-state index contributed by atoms with van der Waals surface area (Å²) in [7, 11) is 1.38. The predicted octanol–water partition coefficient (Wildman–Crippen LogP) is 2.24. The molecule has 0 aromatic carbocycles. The molecule has 0 spiro atoms. The van der Waals surface area contributed by atoms with Crippen LogP contribution in [0, 0.1) is 5.92 Å². The third-order valence-electron chi connectivity index (χ3n) is 2.17. The van der Waals surface area contributed by atoms with Gasteiger partial charge in [0.15, 0.2) is 0 Å². The molecule has 17 heavy (non-hydrogen) atoms. The van der Waals surface area contributed by atoms with E-state index in [1.54, 1.807) is 6.20 Å². The maximum absolute atomic E-state index is 11.6. The maximum atomic E-state index is 11.6. The van der Waals surface area contributed by atoms with Crippen LogP contribution in [0.3, 0.4) is 0 Å². The normalized spacial score (nSPS) is 12.3. The van der Waals surface area contributed by atoms with Gasteiger partial charge in [-0.25, -0.2) is 14.8 Å². The Kier molecular flexibility index (Phi) is 5.34. The summed E-state index contributed by atoms with van der Waals surface area (Å²) in [5, 5.41) is 3.06. The van der Waals surface area contributed by atoms with Crippen molar-refractivity contribution in [1.82, 2.24) is 9.97 Å². The highest BCUT2D eigenvalue weighted by Crippen LogP contribution is 2.20. The van der Waals surface area contributed by atoms with E-state index in [-0.39, 0.29) is 5.97 Å². The predicted molar refractivity (Wildman–Crippen MR) is 68.6 cm³/mol. The van der Waals surface area contributed by atoms with Crippen molar-refractivity contribution >= 4 is 27.7 Å². The van der Waals surface area contributed by atoms with E-state index in [4.69, 9.17) is 4.74 Å². The van der Waals surface area contributed by atoms with Gasteiger partial charge in [0.2, 0.25) is 0 Å². The van der Waals surface area contributed by atoms with E-state index in [2.05, 4.69) is 31.2 Å². The molecule has 1 unspecified atom stereocenters. The molecule has 0 aliphatic heterocycles.